The number of carbonyl (C=O) groups is 1. The molecule has 0 saturated carbocycles. The molecule has 0 aliphatic heterocycles. The van der Waals surface area contributed by atoms with Crippen molar-refractivity contribution in [3.63, 3.8) is 0 Å². The highest BCUT2D eigenvalue weighted by atomic mass is 19.1. The molecule has 5 heteroatoms. The van der Waals surface area contributed by atoms with Gasteiger partial charge in [0.1, 0.15) is 11.3 Å². The summed E-state index contributed by atoms with van der Waals surface area (Å²) >= 11 is 0. The van der Waals surface area contributed by atoms with E-state index in [2.05, 4.69) is 10.3 Å². The molecule has 1 amide bonds. The number of hydrogen-bond donors (Lipinski definition) is 1. The number of hydrogen-bond acceptors (Lipinski definition) is 3. The molecule has 0 saturated heterocycles. The molecule has 1 aromatic heterocycles. The molecule has 0 aliphatic carbocycles. The van der Waals surface area contributed by atoms with Gasteiger partial charge in [-0.3, -0.25) is 4.79 Å². The summed E-state index contributed by atoms with van der Waals surface area (Å²) in [6.07, 6.45) is 0. The lowest BCUT2D eigenvalue weighted by Gasteiger charge is -1.99. The van der Waals surface area contributed by atoms with Crippen molar-refractivity contribution < 1.29 is 13.6 Å². The summed E-state index contributed by atoms with van der Waals surface area (Å²) in [4.78, 5) is 15.3. The highest BCUT2D eigenvalue weighted by Gasteiger charge is 2.09. The van der Waals surface area contributed by atoms with Crippen LogP contribution < -0.4 is 5.32 Å². The van der Waals surface area contributed by atoms with E-state index in [4.69, 9.17) is 4.42 Å². The normalized spacial score (nSPS) is 10.7. The molecule has 1 N–H and O–H groups in total. The van der Waals surface area contributed by atoms with Crippen LogP contribution in [0.25, 0.3) is 22.6 Å². The fraction of sp³-hybridized carbons (Fsp3) is 0.0667. The van der Waals surface area contributed by atoms with E-state index in [0.717, 1.165) is 0 Å². The summed E-state index contributed by atoms with van der Waals surface area (Å²) in [7, 11) is 0. The fourth-order valence-corrected chi connectivity index (χ4v) is 1.95. The van der Waals surface area contributed by atoms with Gasteiger partial charge in [-0.2, -0.15) is 0 Å². The van der Waals surface area contributed by atoms with E-state index in [1.807, 2.05) is 0 Å². The Balaban J connectivity index is 2.04. The van der Waals surface area contributed by atoms with Crippen molar-refractivity contribution in [1.82, 2.24) is 4.98 Å². The van der Waals surface area contributed by atoms with Crippen LogP contribution >= 0.6 is 0 Å². The maximum atomic E-state index is 13.2. The Kier molecular flexibility index (Phi) is 2.95. The molecule has 2 aromatic carbocycles. The number of benzene rings is 2. The summed E-state index contributed by atoms with van der Waals surface area (Å²) in [5.41, 5.74) is 2.40. The maximum absolute atomic E-state index is 13.2. The van der Waals surface area contributed by atoms with Gasteiger partial charge < -0.3 is 9.73 Å². The minimum Gasteiger partial charge on any atom is -0.436 e. The van der Waals surface area contributed by atoms with Gasteiger partial charge in [0.05, 0.1) is 0 Å². The SMILES string of the molecule is CC(=O)Nc1ccc2oc(-c3cccc(F)c3)nc2c1. The number of nitrogens with one attached hydrogen (secondary N) is 1. The van der Waals surface area contributed by atoms with Crippen molar-refractivity contribution in [1.29, 1.82) is 0 Å². The summed E-state index contributed by atoms with van der Waals surface area (Å²) in [5, 5.41) is 2.67. The lowest BCUT2D eigenvalue weighted by molar-refractivity contribution is -0.114. The van der Waals surface area contributed by atoms with Crippen molar-refractivity contribution in [3.8, 4) is 11.5 Å². The van der Waals surface area contributed by atoms with Crippen LogP contribution in [0.1, 0.15) is 6.92 Å². The molecule has 0 atom stereocenters. The van der Waals surface area contributed by atoms with Crippen molar-refractivity contribution >= 4 is 22.7 Å². The number of halogens is 1. The van der Waals surface area contributed by atoms with Gasteiger partial charge in [0.2, 0.25) is 11.8 Å². The predicted octanol–water partition coefficient (Wildman–Crippen LogP) is 3.59. The standard InChI is InChI=1S/C15H11FN2O2/c1-9(19)17-12-5-6-14-13(8-12)18-15(20-14)10-3-2-4-11(16)7-10/h2-8H,1H3,(H,17,19). The summed E-state index contributed by atoms with van der Waals surface area (Å²) < 4.78 is 18.8. The summed E-state index contributed by atoms with van der Waals surface area (Å²) in [6.45, 7) is 1.44. The number of nitrogens with zero attached hydrogens (tertiary/aromatic N) is 1. The van der Waals surface area contributed by atoms with E-state index >= 15 is 0 Å². The Labute approximate surface area is 114 Å². The van der Waals surface area contributed by atoms with Crippen molar-refractivity contribution in [2.75, 3.05) is 5.32 Å². The number of anilines is 1. The number of oxazole rings is 1. The summed E-state index contributed by atoms with van der Waals surface area (Å²) in [6, 6.07) is 11.2. The van der Waals surface area contributed by atoms with Gasteiger partial charge >= 0.3 is 0 Å². The second-order valence-electron chi connectivity index (χ2n) is 4.39. The van der Waals surface area contributed by atoms with Gasteiger partial charge in [-0.15, -0.1) is 0 Å². The van der Waals surface area contributed by atoms with Crippen LogP contribution in [-0.4, -0.2) is 10.9 Å². The lowest BCUT2D eigenvalue weighted by atomic mass is 10.2. The second kappa shape index (κ2) is 4.77. The Hall–Kier alpha value is -2.69. The molecule has 20 heavy (non-hydrogen) atoms. The molecule has 3 aromatic rings. The molecule has 1 heterocycles. The lowest BCUT2D eigenvalue weighted by Crippen LogP contribution is -2.05. The molecule has 0 aliphatic rings. The maximum Gasteiger partial charge on any atom is 0.227 e. The van der Waals surface area contributed by atoms with Crippen molar-refractivity contribution in [2.24, 2.45) is 0 Å². The van der Waals surface area contributed by atoms with Crippen LogP contribution in [0.2, 0.25) is 0 Å². The molecule has 0 unspecified atom stereocenters. The first-order chi connectivity index (χ1) is 9.61. The first kappa shape index (κ1) is 12.3. The minimum atomic E-state index is -0.344. The van der Waals surface area contributed by atoms with Crippen molar-refractivity contribution in [3.05, 3.63) is 48.3 Å². The Morgan fingerprint density at radius 1 is 1.25 bits per heavy atom. The first-order valence-corrected chi connectivity index (χ1v) is 6.06. The molecule has 0 fully saturated rings. The third-order valence-corrected chi connectivity index (χ3v) is 2.78. The number of amides is 1. The average molecular weight is 270 g/mol. The zero-order valence-corrected chi connectivity index (χ0v) is 10.7. The van der Waals surface area contributed by atoms with E-state index in [-0.39, 0.29) is 11.7 Å². The van der Waals surface area contributed by atoms with Crippen LogP contribution in [0, 0.1) is 5.82 Å². The van der Waals surface area contributed by atoms with Gasteiger partial charge in [0.15, 0.2) is 5.58 Å². The number of fused-ring (bicyclic) bond motifs is 1. The molecule has 0 bridgehead atoms. The zero-order valence-electron chi connectivity index (χ0n) is 10.7. The first-order valence-electron chi connectivity index (χ1n) is 6.06. The van der Waals surface area contributed by atoms with Crippen LogP contribution in [0.15, 0.2) is 46.9 Å². The van der Waals surface area contributed by atoms with E-state index in [1.54, 1.807) is 30.3 Å². The molecule has 100 valence electrons. The van der Waals surface area contributed by atoms with E-state index in [9.17, 15) is 9.18 Å². The Morgan fingerprint density at radius 2 is 2.10 bits per heavy atom. The van der Waals surface area contributed by atoms with Gasteiger partial charge in [-0.25, -0.2) is 9.37 Å². The van der Waals surface area contributed by atoms with E-state index in [0.29, 0.717) is 28.2 Å². The number of carbonyl (C=O) groups excluding carboxylic acids is 1. The number of aromatic nitrogens is 1. The molecular formula is C15H11FN2O2. The molecule has 4 nitrogen and oxygen atoms in total. The Morgan fingerprint density at radius 3 is 2.85 bits per heavy atom. The summed E-state index contributed by atoms with van der Waals surface area (Å²) in [5.74, 6) is -0.152. The van der Waals surface area contributed by atoms with Crippen LogP contribution in [-0.2, 0) is 4.79 Å². The van der Waals surface area contributed by atoms with E-state index in [1.165, 1.54) is 19.1 Å². The molecular weight excluding hydrogens is 259 g/mol. The van der Waals surface area contributed by atoms with Crippen LogP contribution in [0.3, 0.4) is 0 Å². The molecule has 0 radical (unpaired) electrons. The Bertz CT molecular complexity index is 795. The number of rotatable bonds is 2. The third-order valence-electron chi connectivity index (χ3n) is 2.78. The second-order valence-corrected chi connectivity index (χ2v) is 4.39. The van der Waals surface area contributed by atoms with Crippen LogP contribution in [0.5, 0.6) is 0 Å². The highest BCUT2D eigenvalue weighted by molar-refractivity contribution is 5.91. The predicted molar refractivity (Wildman–Crippen MR) is 73.7 cm³/mol. The molecule has 0 spiro atoms. The fourth-order valence-electron chi connectivity index (χ4n) is 1.95. The average Bonchev–Trinajstić information content (AvgIpc) is 2.81. The minimum absolute atomic E-state index is 0.154. The van der Waals surface area contributed by atoms with Gasteiger partial charge in [-0.05, 0) is 36.4 Å². The van der Waals surface area contributed by atoms with Gasteiger partial charge in [0, 0.05) is 18.2 Å². The smallest absolute Gasteiger partial charge is 0.227 e. The topological polar surface area (TPSA) is 55.1 Å². The quantitative estimate of drug-likeness (QED) is 0.774. The third kappa shape index (κ3) is 2.38. The van der Waals surface area contributed by atoms with E-state index < -0.39 is 0 Å². The van der Waals surface area contributed by atoms with Crippen LogP contribution in [0.4, 0.5) is 10.1 Å². The highest BCUT2D eigenvalue weighted by Crippen LogP contribution is 2.26. The largest absolute Gasteiger partial charge is 0.436 e. The molecule has 3 rings (SSSR count). The van der Waals surface area contributed by atoms with Crippen molar-refractivity contribution in [2.45, 2.75) is 6.92 Å². The van der Waals surface area contributed by atoms with Gasteiger partial charge in [-0.1, -0.05) is 6.07 Å². The van der Waals surface area contributed by atoms with Gasteiger partial charge in [0.25, 0.3) is 0 Å². The zero-order chi connectivity index (χ0) is 14.1. The monoisotopic (exact) mass is 270 g/mol.